The van der Waals surface area contributed by atoms with Crippen LogP contribution in [-0.4, -0.2) is 10.5 Å². The van der Waals surface area contributed by atoms with Gasteiger partial charge in [-0.3, -0.25) is 9.59 Å². The number of amides is 1. The second kappa shape index (κ2) is 7.67. The predicted molar refractivity (Wildman–Crippen MR) is 108 cm³/mol. The third-order valence-corrected chi connectivity index (χ3v) is 4.65. The fraction of sp³-hybridized carbons (Fsp3) is 0.0435. The highest BCUT2D eigenvalue weighted by Crippen LogP contribution is 2.19. The van der Waals surface area contributed by atoms with Crippen molar-refractivity contribution < 1.29 is 13.6 Å². The lowest BCUT2D eigenvalue weighted by molar-refractivity contribution is 0.102. The summed E-state index contributed by atoms with van der Waals surface area (Å²) >= 11 is 0. The first-order valence-corrected chi connectivity index (χ1v) is 8.95. The number of carbonyl (C=O) groups excluding carboxylic acids is 1. The number of benzene rings is 3. The molecule has 1 aromatic heterocycles. The van der Waals surface area contributed by atoms with Gasteiger partial charge in [0.1, 0.15) is 11.6 Å². The molecule has 0 saturated carbocycles. The maximum absolute atomic E-state index is 13.8. The number of fused-ring (bicyclic) bond motifs is 1. The van der Waals surface area contributed by atoms with Crippen LogP contribution in [0.15, 0.2) is 83.8 Å². The fourth-order valence-electron chi connectivity index (χ4n) is 3.19. The van der Waals surface area contributed by atoms with Crippen molar-refractivity contribution in [2.75, 3.05) is 5.32 Å². The van der Waals surface area contributed by atoms with E-state index in [0.717, 1.165) is 28.5 Å². The van der Waals surface area contributed by atoms with Crippen LogP contribution < -0.4 is 10.9 Å². The molecule has 6 heteroatoms. The zero-order valence-corrected chi connectivity index (χ0v) is 15.2. The number of carbonyl (C=O) groups is 1. The topological polar surface area (TPSA) is 51.1 Å². The van der Waals surface area contributed by atoms with Gasteiger partial charge in [0.2, 0.25) is 0 Å². The van der Waals surface area contributed by atoms with Crippen LogP contribution in [0, 0.1) is 11.6 Å². The SMILES string of the molecule is O=C(Nc1ccc(F)cc1F)c1ccc(=O)n(Cc2cccc3ccccc23)c1. The summed E-state index contributed by atoms with van der Waals surface area (Å²) in [6.07, 6.45) is 1.43. The summed E-state index contributed by atoms with van der Waals surface area (Å²) in [5.74, 6) is -2.20. The van der Waals surface area contributed by atoms with E-state index in [2.05, 4.69) is 5.32 Å². The molecule has 0 aliphatic carbocycles. The number of hydrogen-bond donors (Lipinski definition) is 1. The van der Waals surface area contributed by atoms with Crippen molar-refractivity contribution >= 4 is 22.4 Å². The van der Waals surface area contributed by atoms with Crippen LogP contribution in [0.1, 0.15) is 15.9 Å². The van der Waals surface area contributed by atoms with Gasteiger partial charge in [-0.1, -0.05) is 42.5 Å². The van der Waals surface area contributed by atoms with Gasteiger partial charge in [0.05, 0.1) is 17.8 Å². The monoisotopic (exact) mass is 390 g/mol. The quantitative estimate of drug-likeness (QED) is 0.555. The zero-order valence-electron chi connectivity index (χ0n) is 15.2. The summed E-state index contributed by atoms with van der Waals surface area (Å²) in [5.41, 5.74) is 0.728. The lowest BCUT2D eigenvalue weighted by Crippen LogP contribution is -2.22. The van der Waals surface area contributed by atoms with E-state index in [4.69, 9.17) is 0 Å². The van der Waals surface area contributed by atoms with Crippen molar-refractivity contribution in [2.24, 2.45) is 0 Å². The average molecular weight is 390 g/mol. The summed E-state index contributed by atoms with van der Waals surface area (Å²) in [4.78, 5) is 24.8. The molecule has 0 saturated heterocycles. The molecule has 0 atom stereocenters. The Balaban J connectivity index is 1.63. The summed E-state index contributed by atoms with van der Waals surface area (Å²) in [7, 11) is 0. The van der Waals surface area contributed by atoms with Gasteiger partial charge in [-0.05, 0) is 34.5 Å². The molecule has 1 heterocycles. The van der Waals surface area contributed by atoms with Gasteiger partial charge in [0.25, 0.3) is 11.5 Å². The minimum Gasteiger partial charge on any atom is -0.319 e. The van der Waals surface area contributed by atoms with Gasteiger partial charge >= 0.3 is 0 Å². The molecule has 1 N–H and O–H groups in total. The average Bonchev–Trinajstić information content (AvgIpc) is 2.72. The van der Waals surface area contributed by atoms with Crippen LogP contribution in [0.4, 0.5) is 14.5 Å². The largest absolute Gasteiger partial charge is 0.319 e. The first-order valence-electron chi connectivity index (χ1n) is 8.95. The van der Waals surface area contributed by atoms with E-state index in [1.807, 2.05) is 42.5 Å². The molecule has 4 nitrogen and oxygen atoms in total. The molecular formula is C23H16F2N2O2. The molecule has 29 heavy (non-hydrogen) atoms. The van der Waals surface area contributed by atoms with Crippen LogP contribution in [0.5, 0.6) is 0 Å². The van der Waals surface area contributed by atoms with E-state index in [1.165, 1.54) is 22.9 Å². The first kappa shape index (κ1) is 18.6. The van der Waals surface area contributed by atoms with Crippen LogP contribution in [0.25, 0.3) is 10.8 Å². The van der Waals surface area contributed by atoms with Crippen molar-refractivity contribution in [3.05, 3.63) is 112 Å². The number of aromatic nitrogens is 1. The Hall–Kier alpha value is -3.80. The highest BCUT2D eigenvalue weighted by atomic mass is 19.1. The Bertz CT molecular complexity index is 1280. The number of hydrogen-bond acceptors (Lipinski definition) is 2. The van der Waals surface area contributed by atoms with Gasteiger partial charge in [-0.2, -0.15) is 0 Å². The van der Waals surface area contributed by atoms with Crippen molar-refractivity contribution in [1.29, 1.82) is 0 Å². The molecular weight excluding hydrogens is 374 g/mol. The molecule has 3 aromatic carbocycles. The predicted octanol–water partition coefficient (Wildman–Crippen LogP) is 4.58. The molecule has 0 unspecified atom stereocenters. The summed E-state index contributed by atoms with van der Waals surface area (Å²) in [5, 5.41) is 4.47. The van der Waals surface area contributed by atoms with Crippen molar-refractivity contribution in [3.8, 4) is 0 Å². The minimum atomic E-state index is -0.873. The maximum Gasteiger partial charge on any atom is 0.257 e. The van der Waals surface area contributed by atoms with Crippen LogP contribution in [0.3, 0.4) is 0 Å². The first-order chi connectivity index (χ1) is 14.0. The van der Waals surface area contributed by atoms with Crippen molar-refractivity contribution in [3.63, 3.8) is 0 Å². The number of nitrogens with one attached hydrogen (secondary N) is 1. The molecule has 4 aromatic rings. The molecule has 0 radical (unpaired) electrons. The summed E-state index contributed by atoms with van der Waals surface area (Å²) < 4.78 is 28.3. The van der Waals surface area contributed by atoms with Crippen molar-refractivity contribution in [1.82, 2.24) is 4.57 Å². The molecule has 4 rings (SSSR count). The second-order valence-corrected chi connectivity index (χ2v) is 6.60. The Labute approximate surface area is 165 Å². The van der Waals surface area contributed by atoms with Gasteiger partial charge in [-0.25, -0.2) is 8.78 Å². The third-order valence-electron chi connectivity index (χ3n) is 4.65. The van der Waals surface area contributed by atoms with Gasteiger partial charge in [0, 0.05) is 18.3 Å². The molecule has 1 amide bonds. The Morgan fingerprint density at radius 2 is 1.72 bits per heavy atom. The number of nitrogens with zero attached hydrogens (tertiary/aromatic N) is 1. The van der Waals surface area contributed by atoms with Crippen LogP contribution in [0.2, 0.25) is 0 Å². The normalized spacial score (nSPS) is 10.8. The molecule has 0 spiro atoms. The smallest absolute Gasteiger partial charge is 0.257 e. The maximum atomic E-state index is 13.8. The highest BCUT2D eigenvalue weighted by Gasteiger charge is 2.12. The Morgan fingerprint density at radius 1 is 0.931 bits per heavy atom. The number of halogens is 2. The fourth-order valence-corrected chi connectivity index (χ4v) is 3.19. The lowest BCUT2D eigenvalue weighted by atomic mass is 10.0. The molecule has 144 valence electrons. The minimum absolute atomic E-state index is 0.136. The molecule has 0 fully saturated rings. The molecule has 0 bridgehead atoms. The van der Waals surface area contributed by atoms with E-state index >= 15 is 0 Å². The number of rotatable bonds is 4. The van der Waals surface area contributed by atoms with E-state index in [9.17, 15) is 18.4 Å². The van der Waals surface area contributed by atoms with Crippen LogP contribution >= 0.6 is 0 Å². The molecule has 0 aliphatic heterocycles. The van der Waals surface area contributed by atoms with Gasteiger partial charge < -0.3 is 9.88 Å². The summed E-state index contributed by atoms with van der Waals surface area (Å²) in [6.45, 7) is 0.284. The third kappa shape index (κ3) is 3.91. The number of pyridine rings is 1. The second-order valence-electron chi connectivity index (χ2n) is 6.60. The van der Waals surface area contributed by atoms with E-state index < -0.39 is 17.5 Å². The van der Waals surface area contributed by atoms with E-state index in [-0.39, 0.29) is 23.4 Å². The van der Waals surface area contributed by atoms with Crippen LogP contribution in [-0.2, 0) is 6.54 Å². The lowest BCUT2D eigenvalue weighted by Gasteiger charge is -2.11. The van der Waals surface area contributed by atoms with Gasteiger partial charge in [-0.15, -0.1) is 0 Å². The number of anilines is 1. The van der Waals surface area contributed by atoms with Crippen molar-refractivity contribution in [2.45, 2.75) is 6.54 Å². The Morgan fingerprint density at radius 3 is 2.55 bits per heavy atom. The van der Waals surface area contributed by atoms with E-state index in [0.29, 0.717) is 6.07 Å². The van der Waals surface area contributed by atoms with Gasteiger partial charge in [0.15, 0.2) is 0 Å². The highest BCUT2D eigenvalue weighted by molar-refractivity contribution is 6.04. The Kier molecular flexibility index (Phi) is 4.91. The summed E-state index contributed by atoms with van der Waals surface area (Å²) in [6, 6.07) is 19.2. The van der Waals surface area contributed by atoms with E-state index in [1.54, 1.807) is 0 Å². The standard InChI is InChI=1S/C23H16F2N2O2/c24-18-9-10-21(20(25)12-18)26-23(29)17-8-11-22(28)27(14-17)13-16-6-3-5-15-4-1-2-7-19(15)16/h1-12,14H,13H2,(H,26,29). The zero-order chi connectivity index (χ0) is 20.4. The molecule has 0 aliphatic rings.